The zero-order valence-corrected chi connectivity index (χ0v) is 11.3. The van der Waals surface area contributed by atoms with Crippen LogP contribution in [0.2, 0.25) is 0 Å². The molecule has 0 radical (unpaired) electrons. The van der Waals surface area contributed by atoms with Crippen LogP contribution in [-0.4, -0.2) is 29.8 Å². The smallest absolute Gasteiger partial charge is 0.311 e. The standard InChI is InChI=1S/C13H20N2O4/c1-10(2)8-14-9-11-3-4-13(19-6-5-16)12(7-11)15(17)18/h3-4,7,10,14,16H,5-6,8-9H2,1-2H3. The third-order valence-electron chi connectivity index (χ3n) is 2.45. The first-order valence-corrected chi connectivity index (χ1v) is 6.26. The molecule has 0 aliphatic carbocycles. The molecule has 6 nitrogen and oxygen atoms in total. The summed E-state index contributed by atoms with van der Waals surface area (Å²) in [7, 11) is 0. The maximum atomic E-state index is 11.0. The molecule has 1 aromatic rings. The van der Waals surface area contributed by atoms with Crippen LogP contribution in [0.4, 0.5) is 5.69 Å². The van der Waals surface area contributed by atoms with Crippen molar-refractivity contribution in [3.8, 4) is 5.75 Å². The largest absolute Gasteiger partial charge is 0.484 e. The Hall–Kier alpha value is -1.66. The van der Waals surface area contributed by atoms with E-state index in [1.807, 2.05) is 0 Å². The SMILES string of the molecule is CC(C)CNCc1ccc(OCCO)c([N+](=O)[O-])c1. The van der Waals surface area contributed by atoms with Crippen LogP contribution in [-0.2, 0) is 6.54 Å². The lowest BCUT2D eigenvalue weighted by atomic mass is 10.1. The van der Waals surface area contributed by atoms with Gasteiger partial charge in [0.05, 0.1) is 11.5 Å². The molecule has 0 atom stereocenters. The van der Waals surface area contributed by atoms with Gasteiger partial charge in [0.2, 0.25) is 0 Å². The number of ether oxygens (including phenoxy) is 1. The predicted molar refractivity (Wildman–Crippen MR) is 72.2 cm³/mol. The number of nitro benzene ring substituents is 1. The van der Waals surface area contributed by atoms with Gasteiger partial charge in [-0.05, 0) is 24.1 Å². The molecule has 0 heterocycles. The molecule has 19 heavy (non-hydrogen) atoms. The van der Waals surface area contributed by atoms with Crippen molar-refractivity contribution in [2.24, 2.45) is 5.92 Å². The molecule has 0 saturated carbocycles. The summed E-state index contributed by atoms with van der Waals surface area (Å²) in [6.07, 6.45) is 0. The van der Waals surface area contributed by atoms with Crippen molar-refractivity contribution in [2.75, 3.05) is 19.8 Å². The number of hydrogen-bond acceptors (Lipinski definition) is 5. The molecule has 0 saturated heterocycles. The second-order valence-electron chi connectivity index (χ2n) is 4.66. The highest BCUT2D eigenvalue weighted by Crippen LogP contribution is 2.27. The van der Waals surface area contributed by atoms with E-state index in [1.54, 1.807) is 12.1 Å². The van der Waals surface area contributed by atoms with E-state index in [0.717, 1.165) is 12.1 Å². The molecule has 106 valence electrons. The molecular weight excluding hydrogens is 248 g/mol. The zero-order valence-electron chi connectivity index (χ0n) is 11.3. The average molecular weight is 268 g/mol. The van der Waals surface area contributed by atoms with Crippen molar-refractivity contribution in [2.45, 2.75) is 20.4 Å². The highest BCUT2D eigenvalue weighted by atomic mass is 16.6. The first kappa shape index (κ1) is 15.4. The summed E-state index contributed by atoms with van der Waals surface area (Å²) in [4.78, 5) is 10.5. The molecule has 0 spiro atoms. The summed E-state index contributed by atoms with van der Waals surface area (Å²) in [6.45, 7) is 5.51. The summed E-state index contributed by atoms with van der Waals surface area (Å²) in [5.41, 5.74) is 0.765. The zero-order chi connectivity index (χ0) is 14.3. The number of benzene rings is 1. The molecule has 0 bridgehead atoms. The van der Waals surface area contributed by atoms with Gasteiger partial charge in [0.1, 0.15) is 6.61 Å². The van der Waals surface area contributed by atoms with Crippen LogP contribution in [0.5, 0.6) is 5.75 Å². The van der Waals surface area contributed by atoms with E-state index >= 15 is 0 Å². The van der Waals surface area contributed by atoms with Gasteiger partial charge in [-0.1, -0.05) is 19.9 Å². The van der Waals surface area contributed by atoms with Crippen LogP contribution in [0, 0.1) is 16.0 Å². The number of nitro groups is 1. The van der Waals surface area contributed by atoms with Crippen LogP contribution in [0.3, 0.4) is 0 Å². The molecule has 0 amide bonds. The Bertz CT molecular complexity index is 421. The minimum atomic E-state index is -0.474. The van der Waals surface area contributed by atoms with E-state index in [4.69, 9.17) is 9.84 Å². The molecule has 0 unspecified atom stereocenters. The fourth-order valence-corrected chi connectivity index (χ4v) is 1.60. The third kappa shape index (κ3) is 5.23. The monoisotopic (exact) mass is 268 g/mol. The summed E-state index contributed by atoms with van der Waals surface area (Å²) in [6, 6.07) is 4.85. The van der Waals surface area contributed by atoms with Gasteiger partial charge >= 0.3 is 5.69 Å². The van der Waals surface area contributed by atoms with E-state index in [1.165, 1.54) is 6.07 Å². The van der Waals surface area contributed by atoms with Crippen molar-refractivity contribution < 1.29 is 14.8 Å². The Kier molecular flexibility index (Phi) is 6.24. The molecular formula is C13H20N2O4. The molecule has 0 fully saturated rings. The lowest BCUT2D eigenvalue weighted by molar-refractivity contribution is -0.385. The second kappa shape index (κ2) is 7.70. The summed E-state index contributed by atoms with van der Waals surface area (Å²) < 4.78 is 5.13. The Balaban J connectivity index is 2.75. The van der Waals surface area contributed by atoms with Gasteiger partial charge in [-0.15, -0.1) is 0 Å². The summed E-state index contributed by atoms with van der Waals surface area (Å²) in [5.74, 6) is 0.716. The molecule has 0 aliphatic heterocycles. The Morgan fingerprint density at radius 1 is 1.47 bits per heavy atom. The van der Waals surface area contributed by atoms with Gasteiger partial charge < -0.3 is 15.2 Å². The molecule has 2 N–H and O–H groups in total. The number of aliphatic hydroxyl groups is 1. The molecule has 1 rings (SSSR count). The van der Waals surface area contributed by atoms with Gasteiger partial charge in [0.15, 0.2) is 5.75 Å². The van der Waals surface area contributed by atoms with Gasteiger partial charge in [0.25, 0.3) is 0 Å². The lowest BCUT2D eigenvalue weighted by Crippen LogP contribution is -2.19. The lowest BCUT2D eigenvalue weighted by Gasteiger charge is -2.09. The van der Waals surface area contributed by atoms with E-state index in [-0.39, 0.29) is 24.7 Å². The second-order valence-corrected chi connectivity index (χ2v) is 4.66. The minimum absolute atomic E-state index is 0.0474. The Morgan fingerprint density at radius 3 is 2.79 bits per heavy atom. The quantitative estimate of drug-likeness (QED) is 0.554. The minimum Gasteiger partial charge on any atom is -0.484 e. The van der Waals surface area contributed by atoms with E-state index in [2.05, 4.69) is 19.2 Å². The fraction of sp³-hybridized carbons (Fsp3) is 0.538. The first-order valence-electron chi connectivity index (χ1n) is 6.26. The third-order valence-corrected chi connectivity index (χ3v) is 2.45. The normalized spacial score (nSPS) is 10.7. The van der Waals surface area contributed by atoms with Gasteiger partial charge in [-0.25, -0.2) is 0 Å². The fourth-order valence-electron chi connectivity index (χ4n) is 1.60. The number of rotatable bonds is 8. The number of aliphatic hydroxyl groups excluding tert-OH is 1. The molecule has 6 heteroatoms. The van der Waals surface area contributed by atoms with Crippen molar-refractivity contribution in [3.05, 3.63) is 33.9 Å². The van der Waals surface area contributed by atoms with Gasteiger partial charge in [0, 0.05) is 12.6 Å². The summed E-state index contributed by atoms with van der Waals surface area (Å²) in [5, 5.41) is 22.9. The Labute approximate surface area is 112 Å². The van der Waals surface area contributed by atoms with Crippen LogP contribution in [0.15, 0.2) is 18.2 Å². The van der Waals surface area contributed by atoms with E-state index in [0.29, 0.717) is 12.5 Å². The number of nitrogens with one attached hydrogen (secondary N) is 1. The van der Waals surface area contributed by atoms with Crippen LogP contribution >= 0.6 is 0 Å². The molecule has 0 aliphatic rings. The number of hydrogen-bond donors (Lipinski definition) is 2. The van der Waals surface area contributed by atoms with Crippen LogP contribution in [0.25, 0.3) is 0 Å². The molecule has 1 aromatic carbocycles. The van der Waals surface area contributed by atoms with Gasteiger partial charge in [-0.3, -0.25) is 10.1 Å². The van der Waals surface area contributed by atoms with Crippen molar-refractivity contribution in [1.29, 1.82) is 0 Å². The number of nitrogens with zero attached hydrogens (tertiary/aromatic N) is 1. The predicted octanol–water partition coefficient (Wildman–Crippen LogP) is 1.71. The maximum absolute atomic E-state index is 11.0. The van der Waals surface area contributed by atoms with Gasteiger partial charge in [-0.2, -0.15) is 0 Å². The van der Waals surface area contributed by atoms with Crippen molar-refractivity contribution in [1.82, 2.24) is 5.32 Å². The Morgan fingerprint density at radius 2 is 2.21 bits per heavy atom. The highest BCUT2D eigenvalue weighted by Gasteiger charge is 2.15. The van der Waals surface area contributed by atoms with E-state index < -0.39 is 4.92 Å². The van der Waals surface area contributed by atoms with E-state index in [9.17, 15) is 10.1 Å². The first-order chi connectivity index (χ1) is 9.04. The van der Waals surface area contributed by atoms with Crippen molar-refractivity contribution in [3.63, 3.8) is 0 Å². The average Bonchev–Trinajstić information content (AvgIpc) is 2.36. The van der Waals surface area contributed by atoms with Crippen LogP contribution < -0.4 is 10.1 Å². The maximum Gasteiger partial charge on any atom is 0.311 e. The van der Waals surface area contributed by atoms with Crippen molar-refractivity contribution >= 4 is 5.69 Å². The summed E-state index contributed by atoms with van der Waals surface area (Å²) >= 11 is 0. The molecule has 0 aromatic heterocycles. The highest BCUT2D eigenvalue weighted by molar-refractivity contribution is 5.48. The van der Waals surface area contributed by atoms with Crippen LogP contribution in [0.1, 0.15) is 19.4 Å². The topological polar surface area (TPSA) is 84.6 Å².